The van der Waals surface area contributed by atoms with E-state index in [-0.39, 0.29) is 13.2 Å². The van der Waals surface area contributed by atoms with E-state index in [0.717, 1.165) is 54.5 Å². The maximum absolute atomic E-state index is 10.1. The maximum atomic E-state index is 10.1. The first-order valence-electron chi connectivity index (χ1n) is 11.8. The summed E-state index contributed by atoms with van der Waals surface area (Å²) in [7, 11) is 7.12. The van der Waals surface area contributed by atoms with Gasteiger partial charge in [0, 0.05) is 32.1 Å². The second-order valence-electron chi connectivity index (χ2n) is 9.12. The Labute approximate surface area is 208 Å². The van der Waals surface area contributed by atoms with Crippen LogP contribution in [-0.4, -0.2) is 56.0 Å². The SMILES string of the molecule is C.COc1cc(CNCC2CCC(Nc3nc(N(C)C)c4ccccc4n3)CC2)cc(OC)c1O. The minimum absolute atomic E-state index is 0. The highest BCUT2D eigenvalue weighted by Gasteiger charge is 2.22. The molecule has 3 N–H and O–H groups in total. The number of anilines is 2. The summed E-state index contributed by atoms with van der Waals surface area (Å²) in [6.45, 7) is 1.65. The summed E-state index contributed by atoms with van der Waals surface area (Å²) in [6, 6.07) is 12.2. The van der Waals surface area contributed by atoms with Crippen molar-refractivity contribution in [1.29, 1.82) is 0 Å². The summed E-state index contributed by atoms with van der Waals surface area (Å²) >= 11 is 0. The van der Waals surface area contributed by atoms with Crippen molar-refractivity contribution in [3.63, 3.8) is 0 Å². The van der Waals surface area contributed by atoms with Crippen LogP contribution in [-0.2, 0) is 6.54 Å². The Morgan fingerprint density at radius 1 is 1.00 bits per heavy atom. The largest absolute Gasteiger partial charge is 0.502 e. The zero-order valence-electron chi connectivity index (χ0n) is 20.5. The maximum Gasteiger partial charge on any atom is 0.225 e. The van der Waals surface area contributed by atoms with E-state index >= 15 is 0 Å². The van der Waals surface area contributed by atoms with Crippen molar-refractivity contribution in [2.45, 2.75) is 45.7 Å². The topological polar surface area (TPSA) is 91.8 Å². The van der Waals surface area contributed by atoms with Gasteiger partial charge in [-0.2, -0.15) is 4.98 Å². The number of hydrogen-bond acceptors (Lipinski definition) is 8. The van der Waals surface area contributed by atoms with Crippen LogP contribution >= 0.6 is 0 Å². The van der Waals surface area contributed by atoms with Crippen molar-refractivity contribution in [3.05, 3.63) is 42.0 Å². The lowest BCUT2D eigenvalue weighted by Gasteiger charge is -2.29. The molecule has 0 radical (unpaired) electrons. The molecule has 8 nitrogen and oxygen atoms in total. The molecule has 1 saturated carbocycles. The van der Waals surface area contributed by atoms with Crippen molar-refractivity contribution in [2.24, 2.45) is 5.92 Å². The number of rotatable bonds is 9. The molecule has 1 aliphatic carbocycles. The number of ether oxygens (including phenoxy) is 2. The first-order chi connectivity index (χ1) is 16.5. The van der Waals surface area contributed by atoms with Gasteiger partial charge in [-0.1, -0.05) is 19.6 Å². The van der Waals surface area contributed by atoms with Crippen LogP contribution in [0.5, 0.6) is 17.2 Å². The summed E-state index contributed by atoms with van der Waals surface area (Å²) in [5.74, 6) is 3.17. The zero-order valence-corrected chi connectivity index (χ0v) is 20.5. The van der Waals surface area contributed by atoms with E-state index in [4.69, 9.17) is 19.4 Å². The molecule has 1 aromatic heterocycles. The van der Waals surface area contributed by atoms with Crippen LogP contribution in [0.25, 0.3) is 10.9 Å². The Hall–Kier alpha value is -3.26. The zero-order chi connectivity index (χ0) is 24.1. The predicted octanol–water partition coefficient (Wildman–Crippen LogP) is 4.82. The van der Waals surface area contributed by atoms with Crippen LogP contribution in [0.4, 0.5) is 11.8 Å². The summed E-state index contributed by atoms with van der Waals surface area (Å²) in [5.41, 5.74) is 1.98. The smallest absolute Gasteiger partial charge is 0.225 e. The summed E-state index contributed by atoms with van der Waals surface area (Å²) in [5, 5.41) is 18.3. The molecule has 4 rings (SSSR count). The first-order valence-corrected chi connectivity index (χ1v) is 11.8. The van der Waals surface area contributed by atoms with Gasteiger partial charge in [-0.3, -0.25) is 0 Å². The van der Waals surface area contributed by atoms with Gasteiger partial charge in [0.25, 0.3) is 0 Å². The standard InChI is InChI=1S/C26H35N5O3.CH4/c1-31(2)25-20-7-5-6-8-21(20)29-26(30-25)28-19-11-9-17(10-12-19)15-27-16-18-13-22(33-3)24(32)23(14-18)34-4;/h5-8,13-14,17,19,27,32H,9-12,15-16H2,1-4H3,(H,28,29,30);1H4. The summed E-state index contributed by atoms with van der Waals surface area (Å²) < 4.78 is 10.5. The van der Waals surface area contributed by atoms with Gasteiger partial charge in [0.15, 0.2) is 11.5 Å². The minimum atomic E-state index is 0. The van der Waals surface area contributed by atoms with Gasteiger partial charge < -0.3 is 30.1 Å². The van der Waals surface area contributed by atoms with Crippen LogP contribution in [0.15, 0.2) is 36.4 Å². The van der Waals surface area contributed by atoms with Gasteiger partial charge in [0.1, 0.15) is 5.82 Å². The Morgan fingerprint density at radius 3 is 2.29 bits per heavy atom. The van der Waals surface area contributed by atoms with Crippen LogP contribution in [0.2, 0.25) is 0 Å². The highest BCUT2D eigenvalue weighted by atomic mass is 16.5. The third kappa shape index (κ3) is 6.25. The molecule has 0 unspecified atom stereocenters. The number of nitrogens with one attached hydrogen (secondary N) is 2. The van der Waals surface area contributed by atoms with Crippen molar-refractivity contribution in [1.82, 2.24) is 15.3 Å². The monoisotopic (exact) mass is 481 g/mol. The van der Waals surface area contributed by atoms with Crippen molar-refractivity contribution >= 4 is 22.7 Å². The molecule has 35 heavy (non-hydrogen) atoms. The quantitative estimate of drug-likeness (QED) is 0.401. The molecule has 190 valence electrons. The molecular weight excluding hydrogens is 442 g/mol. The molecule has 2 aromatic carbocycles. The van der Waals surface area contributed by atoms with Crippen LogP contribution in [0, 0.1) is 5.92 Å². The molecule has 0 amide bonds. The molecule has 1 fully saturated rings. The molecule has 0 aliphatic heterocycles. The molecular formula is C27H39N5O3. The van der Waals surface area contributed by atoms with E-state index in [1.807, 2.05) is 49.3 Å². The van der Waals surface area contributed by atoms with E-state index < -0.39 is 0 Å². The fraction of sp³-hybridized carbons (Fsp3) is 0.481. The van der Waals surface area contributed by atoms with E-state index in [0.29, 0.717) is 36.0 Å². The van der Waals surface area contributed by atoms with Gasteiger partial charge in [0.05, 0.1) is 19.7 Å². The third-order valence-corrected chi connectivity index (χ3v) is 6.49. The van der Waals surface area contributed by atoms with Crippen LogP contribution in [0.3, 0.4) is 0 Å². The second-order valence-corrected chi connectivity index (χ2v) is 9.12. The number of para-hydroxylation sites is 1. The minimum Gasteiger partial charge on any atom is -0.502 e. The predicted molar refractivity (Wildman–Crippen MR) is 143 cm³/mol. The average molecular weight is 482 g/mol. The van der Waals surface area contributed by atoms with Gasteiger partial charge in [-0.15, -0.1) is 0 Å². The van der Waals surface area contributed by atoms with Crippen LogP contribution < -0.4 is 25.0 Å². The van der Waals surface area contributed by atoms with Crippen molar-refractivity contribution < 1.29 is 14.6 Å². The van der Waals surface area contributed by atoms with Crippen molar-refractivity contribution in [2.75, 3.05) is 45.1 Å². The fourth-order valence-electron chi connectivity index (χ4n) is 4.63. The number of aromatic hydroxyl groups is 1. The van der Waals surface area contributed by atoms with Gasteiger partial charge in [-0.05, 0) is 68.0 Å². The van der Waals surface area contributed by atoms with Gasteiger partial charge in [0.2, 0.25) is 11.7 Å². The molecule has 1 aliphatic rings. The lowest BCUT2D eigenvalue weighted by atomic mass is 9.86. The number of benzene rings is 2. The molecule has 3 aromatic rings. The number of phenols is 1. The van der Waals surface area contributed by atoms with E-state index in [1.165, 1.54) is 0 Å². The number of aromatic nitrogens is 2. The number of fused-ring (bicyclic) bond motifs is 1. The highest BCUT2D eigenvalue weighted by molar-refractivity contribution is 5.90. The van der Waals surface area contributed by atoms with E-state index in [2.05, 4.69) is 16.7 Å². The second kappa shape index (κ2) is 11.9. The molecule has 0 atom stereocenters. The van der Waals surface area contributed by atoms with E-state index in [1.54, 1.807) is 14.2 Å². The van der Waals surface area contributed by atoms with E-state index in [9.17, 15) is 5.11 Å². The number of hydrogen-bond donors (Lipinski definition) is 3. The Bertz CT molecular complexity index is 1090. The molecule has 0 saturated heterocycles. The number of nitrogens with zero attached hydrogens (tertiary/aromatic N) is 3. The lowest BCUT2D eigenvalue weighted by molar-refractivity contribution is 0.322. The number of phenolic OH excluding ortho intramolecular Hbond substituents is 1. The average Bonchev–Trinajstić information content (AvgIpc) is 2.85. The molecule has 0 bridgehead atoms. The van der Waals surface area contributed by atoms with Gasteiger partial charge >= 0.3 is 0 Å². The molecule has 0 spiro atoms. The number of methoxy groups -OCH3 is 2. The Morgan fingerprint density at radius 2 is 1.66 bits per heavy atom. The van der Waals surface area contributed by atoms with Crippen LogP contribution in [0.1, 0.15) is 38.7 Å². The summed E-state index contributed by atoms with van der Waals surface area (Å²) in [4.78, 5) is 11.6. The van der Waals surface area contributed by atoms with Crippen molar-refractivity contribution in [3.8, 4) is 17.2 Å². The van der Waals surface area contributed by atoms with Gasteiger partial charge in [-0.25, -0.2) is 4.98 Å². The molecule has 1 heterocycles. The Kier molecular flexibility index (Phi) is 8.98. The fourth-order valence-corrected chi connectivity index (χ4v) is 4.63. The first kappa shape index (κ1) is 26.3. The Balaban J connectivity index is 0.00000342. The normalized spacial score (nSPS) is 17.5. The highest BCUT2D eigenvalue weighted by Crippen LogP contribution is 2.37. The third-order valence-electron chi connectivity index (χ3n) is 6.49. The molecule has 8 heteroatoms. The summed E-state index contributed by atoms with van der Waals surface area (Å²) in [6.07, 6.45) is 4.50. The lowest BCUT2D eigenvalue weighted by Crippen LogP contribution is -2.31.